The van der Waals surface area contributed by atoms with E-state index in [1.165, 1.54) is 12.8 Å². The van der Waals surface area contributed by atoms with Crippen LogP contribution in [0.4, 0.5) is 0 Å². The molecule has 58 valence electrons. The Morgan fingerprint density at radius 2 is 1.70 bits per heavy atom. The van der Waals surface area contributed by atoms with E-state index in [2.05, 4.69) is 32.9 Å². The molecule has 0 fully saturated rings. The lowest BCUT2D eigenvalue weighted by Gasteiger charge is -2.13. The lowest BCUT2D eigenvalue weighted by Crippen LogP contribution is -2.02. The lowest BCUT2D eigenvalue weighted by molar-refractivity contribution is 0.412. The second-order valence-corrected chi connectivity index (χ2v) is 3.78. The molecule has 0 heterocycles. The maximum atomic E-state index is 2.38. The summed E-state index contributed by atoms with van der Waals surface area (Å²) in [6.07, 6.45) is 7.52. The Balaban J connectivity index is 2.53. The van der Waals surface area contributed by atoms with Crippen LogP contribution < -0.4 is 0 Å². The van der Waals surface area contributed by atoms with Crippen LogP contribution in [0.3, 0.4) is 0 Å². The third-order valence-corrected chi connectivity index (χ3v) is 2.72. The Morgan fingerprint density at radius 1 is 1.00 bits per heavy atom. The van der Waals surface area contributed by atoms with Gasteiger partial charge >= 0.3 is 0 Å². The quantitative estimate of drug-likeness (QED) is 0.451. The normalized spacial score (nSPS) is 41.3. The van der Waals surface area contributed by atoms with Crippen LogP contribution in [0.2, 0.25) is 0 Å². The first-order valence-corrected chi connectivity index (χ1v) is 4.38. The Bertz CT molecular complexity index is 124. The molecule has 0 saturated carbocycles. The van der Waals surface area contributed by atoms with Crippen LogP contribution >= 0.6 is 0 Å². The van der Waals surface area contributed by atoms with E-state index in [0.29, 0.717) is 0 Å². The molecule has 1 rings (SSSR count). The monoisotopic (exact) mass is 138 g/mol. The van der Waals surface area contributed by atoms with Crippen molar-refractivity contribution in [2.45, 2.75) is 33.6 Å². The van der Waals surface area contributed by atoms with Gasteiger partial charge in [-0.3, -0.25) is 0 Å². The summed E-state index contributed by atoms with van der Waals surface area (Å²) in [6.45, 7) is 6.98. The van der Waals surface area contributed by atoms with E-state index in [-0.39, 0.29) is 0 Å². The van der Waals surface area contributed by atoms with Gasteiger partial charge in [0.05, 0.1) is 0 Å². The fourth-order valence-corrected chi connectivity index (χ4v) is 1.44. The van der Waals surface area contributed by atoms with Gasteiger partial charge in [-0.15, -0.1) is 0 Å². The Labute approximate surface area is 64.3 Å². The summed E-state index contributed by atoms with van der Waals surface area (Å²) in [5, 5.41) is 0. The van der Waals surface area contributed by atoms with Gasteiger partial charge in [0, 0.05) is 0 Å². The summed E-state index contributed by atoms with van der Waals surface area (Å²) < 4.78 is 0. The van der Waals surface area contributed by atoms with Crippen molar-refractivity contribution in [3.05, 3.63) is 12.2 Å². The first-order chi connectivity index (χ1) is 4.70. The number of hydrogen-bond acceptors (Lipinski definition) is 0. The first kappa shape index (κ1) is 7.84. The fraction of sp³-hybridized carbons (Fsp3) is 0.800. The smallest absolute Gasteiger partial charge is 0.0236 e. The van der Waals surface area contributed by atoms with Crippen LogP contribution in [0.5, 0.6) is 0 Å². The second-order valence-electron chi connectivity index (χ2n) is 3.78. The van der Waals surface area contributed by atoms with Crippen molar-refractivity contribution < 1.29 is 0 Å². The summed E-state index contributed by atoms with van der Waals surface area (Å²) in [5.41, 5.74) is 0. The van der Waals surface area contributed by atoms with Crippen LogP contribution in [0.1, 0.15) is 33.6 Å². The molecule has 0 saturated heterocycles. The number of allylic oxidation sites excluding steroid dienone is 2. The highest BCUT2D eigenvalue weighted by atomic mass is 14.2. The van der Waals surface area contributed by atoms with Gasteiger partial charge in [0.2, 0.25) is 0 Å². The third-order valence-electron chi connectivity index (χ3n) is 2.72. The maximum absolute atomic E-state index is 2.38. The molecular formula is C10H18. The van der Waals surface area contributed by atoms with Gasteiger partial charge in [-0.05, 0) is 30.6 Å². The van der Waals surface area contributed by atoms with Crippen molar-refractivity contribution in [1.82, 2.24) is 0 Å². The van der Waals surface area contributed by atoms with Crippen LogP contribution in [-0.4, -0.2) is 0 Å². The molecule has 0 aromatic heterocycles. The van der Waals surface area contributed by atoms with Crippen LogP contribution in [0.15, 0.2) is 12.2 Å². The molecule has 0 nitrogen and oxygen atoms in total. The van der Waals surface area contributed by atoms with Gasteiger partial charge in [0.15, 0.2) is 0 Å². The minimum atomic E-state index is 0.796. The standard InChI is InChI=1S/C10H18/c1-8-4-6-9(2)10(3)7-5-8/h4,6,8-10H,5,7H2,1-3H3/t8?,9-,10?/m0/s1. The molecule has 2 unspecified atom stereocenters. The Hall–Kier alpha value is -0.260. The molecule has 0 aromatic rings. The highest BCUT2D eigenvalue weighted by Crippen LogP contribution is 2.25. The summed E-state index contributed by atoms with van der Waals surface area (Å²) in [7, 11) is 0. The molecule has 0 heteroatoms. The predicted octanol–water partition coefficient (Wildman–Crippen LogP) is 3.24. The molecule has 0 aromatic carbocycles. The van der Waals surface area contributed by atoms with E-state index >= 15 is 0 Å². The average molecular weight is 138 g/mol. The third kappa shape index (κ3) is 1.86. The van der Waals surface area contributed by atoms with Crippen LogP contribution in [0, 0.1) is 17.8 Å². The summed E-state index contributed by atoms with van der Waals surface area (Å²) in [6, 6.07) is 0. The summed E-state index contributed by atoms with van der Waals surface area (Å²) >= 11 is 0. The number of rotatable bonds is 0. The largest absolute Gasteiger partial charge is 0.0854 e. The zero-order chi connectivity index (χ0) is 7.56. The van der Waals surface area contributed by atoms with E-state index < -0.39 is 0 Å². The minimum Gasteiger partial charge on any atom is -0.0854 e. The predicted molar refractivity (Wildman–Crippen MR) is 45.9 cm³/mol. The van der Waals surface area contributed by atoms with Crippen molar-refractivity contribution in [3.8, 4) is 0 Å². The highest BCUT2D eigenvalue weighted by Gasteiger charge is 2.13. The van der Waals surface area contributed by atoms with Gasteiger partial charge in [-0.2, -0.15) is 0 Å². The van der Waals surface area contributed by atoms with Crippen molar-refractivity contribution in [1.29, 1.82) is 0 Å². The van der Waals surface area contributed by atoms with E-state index in [1.54, 1.807) is 0 Å². The van der Waals surface area contributed by atoms with Crippen LogP contribution in [0.25, 0.3) is 0 Å². The van der Waals surface area contributed by atoms with Crippen LogP contribution in [-0.2, 0) is 0 Å². The molecule has 0 N–H and O–H groups in total. The lowest BCUT2D eigenvalue weighted by atomic mass is 9.93. The summed E-state index contributed by atoms with van der Waals surface area (Å²) in [5.74, 6) is 2.50. The number of hydrogen-bond donors (Lipinski definition) is 0. The Morgan fingerprint density at radius 3 is 2.40 bits per heavy atom. The molecular weight excluding hydrogens is 120 g/mol. The van der Waals surface area contributed by atoms with Gasteiger partial charge in [-0.25, -0.2) is 0 Å². The van der Waals surface area contributed by atoms with Crippen molar-refractivity contribution in [2.24, 2.45) is 17.8 Å². The molecule has 0 aliphatic heterocycles. The zero-order valence-corrected chi connectivity index (χ0v) is 7.30. The topological polar surface area (TPSA) is 0 Å². The minimum absolute atomic E-state index is 0.796. The molecule has 0 bridgehead atoms. The van der Waals surface area contributed by atoms with Gasteiger partial charge in [0.1, 0.15) is 0 Å². The van der Waals surface area contributed by atoms with Gasteiger partial charge < -0.3 is 0 Å². The Kier molecular flexibility index (Phi) is 2.53. The molecule has 0 spiro atoms. The van der Waals surface area contributed by atoms with Crippen molar-refractivity contribution in [2.75, 3.05) is 0 Å². The van der Waals surface area contributed by atoms with Crippen molar-refractivity contribution >= 4 is 0 Å². The SMILES string of the molecule is CC1C=C[C@H](C)C(C)CC1. The second kappa shape index (κ2) is 3.23. The average Bonchev–Trinajstić information content (AvgIpc) is 2.04. The van der Waals surface area contributed by atoms with E-state index in [0.717, 1.165) is 17.8 Å². The maximum Gasteiger partial charge on any atom is -0.0236 e. The van der Waals surface area contributed by atoms with Crippen molar-refractivity contribution in [3.63, 3.8) is 0 Å². The molecule has 0 radical (unpaired) electrons. The van der Waals surface area contributed by atoms with E-state index in [4.69, 9.17) is 0 Å². The summed E-state index contributed by atoms with van der Waals surface area (Å²) in [4.78, 5) is 0. The molecule has 1 aliphatic rings. The van der Waals surface area contributed by atoms with Gasteiger partial charge in [-0.1, -0.05) is 32.9 Å². The fourth-order valence-electron chi connectivity index (χ4n) is 1.44. The molecule has 3 atom stereocenters. The first-order valence-electron chi connectivity index (χ1n) is 4.38. The van der Waals surface area contributed by atoms with E-state index in [1.807, 2.05) is 0 Å². The van der Waals surface area contributed by atoms with E-state index in [9.17, 15) is 0 Å². The molecule has 1 aliphatic carbocycles. The van der Waals surface area contributed by atoms with Gasteiger partial charge in [0.25, 0.3) is 0 Å². The molecule has 0 amide bonds. The highest BCUT2D eigenvalue weighted by molar-refractivity contribution is 4.94. The molecule has 10 heavy (non-hydrogen) atoms. The zero-order valence-electron chi connectivity index (χ0n) is 7.30.